The number of hydrogen-bond donors (Lipinski definition) is 0. The summed E-state index contributed by atoms with van der Waals surface area (Å²) in [6.07, 6.45) is 0. The van der Waals surface area contributed by atoms with E-state index in [-0.39, 0.29) is 16.6 Å². The van der Waals surface area contributed by atoms with Gasteiger partial charge in [0.1, 0.15) is 5.82 Å². The number of benzene rings is 9. The van der Waals surface area contributed by atoms with Gasteiger partial charge in [-0.3, -0.25) is 0 Å². The van der Waals surface area contributed by atoms with Crippen molar-refractivity contribution < 1.29 is 4.39 Å². The van der Waals surface area contributed by atoms with E-state index in [1.54, 1.807) is 12.1 Å². The number of rotatable bonds is 7. The summed E-state index contributed by atoms with van der Waals surface area (Å²) in [5, 5.41) is 0. The Kier molecular flexibility index (Phi) is 9.68. The molecule has 2 aliphatic carbocycles. The average molecular weight is 856 g/mol. The van der Waals surface area contributed by atoms with Crippen LogP contribution in [0.1, 0.15) is 97.2 Å². The Morgan fingerprint density at radius 3 is 1.09 bits per heavy atom. The van der Waals surface area contributed by atoms with Gasteiger partial charge < -0.3 is 4.90 Å². The van der Waals surface area contributed by atoms with E-state index in [4.69, 9.17) is 0 Å². The number of para-hydroxylation sites is 1. The Labute approximate surface area is 389 Å². The van der Waals surface area contributed by atoms with Crippen LogP contribution in [0.25, 0.3) is 22.3 Å². The van der Waals surface area contributed by atoms with Crippen molar-refractivity contribution in [2.24, 2.45) is 0 Å². The number of anilines is 3. The van der Waals surface area contributed by atoms with Crippen LogP contribution in [0.2, 0.25) is 0 Å². The lowest BCUT2D eigenvalue weighted by molar-refractivity contribution is 0.589. The molecule has 322 valence electrons. The Balaban J connectivity index is 1.17. The minimum atomic E-state index is -0.713. The Hall–Kier alpha value is -7.29. The predicted molar refractivity (Wildman–Crippen MR) is 273 cm³/mol. The molecule has 0 spiro atoms. The maximum atomic E-state index is 14.9. The number of fused-ring (bicyclic) bond motifs is 6. The van der Waals surface area contributed by atoms with Gasteiger partial charge in [0.05, 0.1) is 10.8 Å². The smallest absolute Gasteiger partial charge is 0.123 e. The minimum Gasteiger partial charge on any atom is -0.310 e. The van der Waals surface area contributed by atoms with Gasteiger partial charge in [-0.05, 0) is 137 Å². The highest BCUT2D eigenvalue weighted by molar-refractivity contribution is 5.92. The fraction of sp³-hybridized carbons (Fsp3) is 0.156. The van der Waals surface area contributed by atoms with E-state index < -0.39 is 10.8 Å². The van der Waals surface area contributed by atoms with Crippen LogP contribution >= 0.6 is 0 Å². The summed E-state index contributed by atoms with van der Waals surface area (Å²) in [6.45, 7) is 13.6. The number of halogens is 1. The number of nitrogens with zero attached hydrogens (tertiary/aromatic N) is 1. The molecular formula is C64H54FN. The van der Waals surface area contributed by atoms with Crippen LogP contribution in [0.4, 0.5) is 21.5 Å². The Morgan fingerprint density at radius 1 is 0.318 bits per heavy atom. The summed E-state index contributed by atoms with van der Waals surface area (Å²) in [4.78, 5) is 2.42. The first-order valence-corrected chi connectivity index (χ1v) is 23.3. The van der Waals surface area contributed by atoms with Gasteiger partial charge in [0.25, 0.3) is 0 Å². The van der Waals surface area contributed by atoms with Crippen LogP contribution in [0.5, 0.6) is 0 Å². The van der Waals surface area contributed by atoms with Crippen molar-refractivity contribution in [3.05, 3.63) is 280 Å². The molecule has 66 heavy (non-hydrogen) atoms. The normalized spacial score (nSPS) is 17.1. The zero-order valence-corrected chi connectivity index (χ0v) is 38.6. The van der Waals surface area contributed by atoms with E-state index in [9.17, 15) is 4.39 Å². The standard InChI is InChI=1S/C64H54FN/c1-61(2,3)43-25-29-46(30-26-43)63(45-17-9-7-10-18-45)57-23-15-13-21-53(57)55-39-37-51(41-59(55)63)66(50-19-11-8-12-20-50)52-38-40-56-54-22-14-16-24-58(54)64(60(56)42-52,48-33-35-49(65)36-34-48)47-31-27-44(28-32-47)62(4,5)6/h7-42H,1-6H3. The predicted octanol–water partition coefficient (Wildman–Crippen LogP) is 16.6. The molecule has 0 bridgehead atoms. The van der Waals surface area contributed by atoms with E-state index in [2.05, 4.69) is 241 Å². The second kappa shape index (κ2) is 15.4. The van der Waals surface area contributed by atoms with Crippen LogP contribution in [-0.4, -0.2) is 0 Å². The fourth-order valence-electron chi connectivity index (χ4n) is 11.2. The van der Waals surface area contributed by atoms with E-state index in [1.807, 2.05) is 12.1 Å². The fourth-order valence-corrected chi connectivity index (χ4v) is 11.2. The molecule has 0 fully saturated rings. The molecule has 0 N–H and O–H groups in total. The third-order valence-corrected chi connectivity index (χ3v) is 14.4. The van der Waals surface area contributed by atoms with E-state index in [1.165, 1.54) is 66.8 Å². The molecule has 2 atom stereocenters. The van der Waals surface area contributed by atoms with Crippen molar-refractivity contribution in [1.82, 2.24) is 0 Å². The molecule has 0 aliphatic heterocycles. The van der Waals surface area contributed by atoms with Gasteiger partial charge in [-0.15, -0.1) is 0 Å². The molecule has 1 nitrogen and oxygen atoms in total. The second-order valence-electron chi connectivity index (χ2n) is 20.2. The second-order valence-corrected chi connectivity index (χ2v) is 20.2. The van der Waals surface area contributed by atoms with E-state index >= 15 is 0 Å². The molecule has 9 aromatic carbocycles. The summed E-state index contributed by atoms with van der Waals surface area (Å²) in [5.74, 6) is -0.247. The molecule has 2 heteroatoms. The molecule has 0 radical (unpaired) electrons. The lowest BCUT2D eigenvalue weighted by Crippen LogP contribution is -2.29. The van der Waals surface area contributed by atoms with E-state index in [0.717, 1.165) is 28.2 Å². The maximum Gasteiger partial charge on any atom is 0.123 e. The summed E-state index contributed by atoms with van der Waals surface area (Å²) in [6, 6.07) is 79.4. The van der Waals surface area contributed by atoms with Crippen molar-refractivity contribution >= 4 is 17.1 Å². The van der Waals surface area contributed by atoms with Crippen molar-refractivity contribution in [3.8, 4) is 22.3 Å². The Morgan fingerprint density at radius 2 is 0.667 bits per heavy atom. The van der Waals surface area contributed by atoms with Crippen molar-refractivity contribution in [1.29, 1.82) is 0 Å². The topological polar surface area (TPSA) is 3.24 Å². The zero-order chi connectivity index (χ0) is 45.4. The molecule has 9 aromatic rings. The Bertz CT molecular complexity index is 3250. The van der Waals surface area contributed by atoms with Crippen molar-refractivity contribution in [3.63, 3.8) is 0 Å². The maximum absolute atomic E-state index is 14.9. The van der Waals surface area contributed by atoms with Gasteiger partial charge in [0.2, 0.25) is 0 Å². The molecule has 0 saturated carbocycles. The largest absolute Gasteiger partial charge is 0.310 e. The van der Waals surface area contributed by atoms with Crippen LogP contribution in [0.3, 0.4) is 0 Å². The molecule has 0 saturated heterocycles. The average Bonchev–Trinajstić information content (AvgIpc) is 3.80. The molecule has 0 heterocycles. The first kappa shape index (κ1) is 41.4. The van der Waals surface area contributed by atoms with E-state index in [0.29, 0.717) is 0 Å². The molecule has 0 amide bonds. The summed E-state index contributed by atoms with van der Waals surface area (Å²) in [5.41, 5.74) is 18.9. The summed E-state index contributed by atoms with van der Waals surface area (Å²) >= 11 is 0. The highest BCUT2D eigenvalue weighted by Crippen LogP contribution is 2.60. The van der Waals surface area contributed by atoms with Crippen molar-refractivity contribution in [2.75, 3.05) is 4.90 Å². The monoisotopic (exact) mass is 855 g/mol. The lowest BCUT2D eigenvalue weighted by Gasteiger charge is -2.36. The number of hydrogen-bond acceptors (Lipinski definition) is 1. The van der Waals surface area contributed by atoms with Gasteiger partial charge in [-0.2, -0.15) is 0 Å². The first-order valence-electron chi connectivity index (χ1n) is 23.3. The van der Waals surface area contributed by atoms with Crippen LogP contribution < -0.4 is 4.90 Å². The van der Waals surface area contributed by atoms with Crippen molar-refractivity contribution in [2.45, 2.75) is 63.2 Å². The highest BCUT2D eigenvalue weighted by Gasteiger charge is 2.48. The molecular weight excluding hydrogens is 802 g/mol. The van der Waals surface area contributed by atoms with Gasteiger partial charge in [-0.1, -0.05) is 211 Å². The van der Waals surface area contributed by atoms with Gasteiger partial charge in [0.15, 0.2) is 0 Å². The molecule has 0 aromatic heterocycles. The van der Waals surface area contributed by atoms with Crippen LogP contribution in [0, 0.1) is 5.82 Å². The third kappa shape index (κ3) is 6.33. The zero-order valence-electron chi connectivity index (χ0n) is 38.6. The molecule has 2 unspecified atom stereocenters. The van der Waals surface area contributed by atoms with Gasteiger partial charge in [-0.25, -0.2) is 4.39 Å². The van der Waals surface area contributed by atoms with Crippen LogP contribution in [-0.2, 0) is 21.7 Å². The summed E-state index contributed by atoms with van der Waals surface area (Å²) in [7, 11) is 0. The van der Waals surface area contributed by atoms with Gasteiger partial charge >= 0.3 is 0 Å². The van der Waals surface area contributed by atoms with Gasteiger partial charge in [0, 0.05) is 17.1 Å². The third-order valence-electron chi connectivity index (χ3n) is 14.4. The molecule has 2 aliphatic rings. The summed E-state index contributed by atoms with van der Waals surface area (Å²) < 4.78 is 14.9. The quantitative estimate of drug-likeness (QED) is 0.154. The lowest BCUT2D eigenvalue weighted by atomic mass is 9.67. The highest BCUT2D eigenvalue weighted by atomic mass is 19.1. The molecule has 11 rings (SSSR count). The minimum absolute atomic E-state index is 0.0123. The SMILES string of the molecule is CC(C)(C)c1ccc(C2(c3ccccc3)c3ccccc3-c3ccc(N(c4ccccc4)c4ccc5c(c4)C(c4ccc(F)cc4)(c4ccc(C(C)(C)C)cc4)c4ccccc4-5)cc32)cc1. The first-order chi connectivity index (χ1) is 31.9. The van der Waals surface area contributed by atoms with Crippen LogP contribution in [0.15, 0.2) is 218 Å².